The van der Waals surface area contributed by atoms with Gasteiger partial charge in [-0.2, -0.15) is 0 Å². The topological polar surface area (TPSA) is 25.2 Å². The first-order chi connectivity index (χ1) is 10.2. The number of nitrogens with one attached hydrogen (secondary N) is 1. The standard InChI is InChI=1S/C18H18FNO/c1-3-20-18(13-8-9-16(19)12(2)10-13)15-11-21-17-7-5-4-6-14(15)17/h4-11,18,20H,3H2,1-2H3. The summed E-state index contributed by atoms with van der Waals surface area (Å²) in [5, 5.41) is 4.55. The van der Waals surface area contributed by atoms with Crippen LogP contribution in [0.4, 0.5) is 4.39 Å². The van der Waals surface area contributed by atoms with E-state index in [1.807, 2.05) is 30.3 Å². The molecule has 2 nitrogen and oxygen atoms in total. The Kier molecular flexibility index (Phi) is 3.76. The molecule has 3 heteroatoms. The fourth-order valence-corrected chi connectivity index (χ4v) is 2.68. The molecule has 0 saturated carbocycles. The number of rotatable bonds is 4. The maximum absolute atomic E-state index is 13.5. The van der Waals surface area contributed by atoms with Crippen molar-refractivity contribution >= 4 is 11.0 Å². The Morgan fingerprint density at radius 3 is 2.76 bits per heavy atom. The Morgan fingerprint density at radius 2 is 2.00 bits per heavy atom. The van der Waals surface area contributed by atoms with Crippen LogP contribution in [0.15, 0.2) is 53.1 Å². The van der Waals surface area contributed by atoms with Gasteiger partial charge in [-0.1, -0.05) is 37.3 Å². The van der Waals surface area contributed by atoms with Crippen LogP contribution in [0.1, 0.15) is 29.7 Å². The molecule has 1 N–H and O–H groups in total. The normalized spacial score (nSPS) is 12.7. The lowest BCUT2D eigenvalue weighted by molar-refractivity contribution is 0.581. The number of para-hydroxylation sites is 1. The van der Waals surface area contributed by atoms with Gasteiger partial charge >= 0.3 is 0 Å². The van der Waals surface area contributed by atoms with E-state index in [1.165, 1.54) is 6.07 Å². The Balaban J connectivity index is 2.11. The zero-order valence-electron chi connectivity index (χ0n) is 12.2. The van der Waals surface area contributed by atoms with E-state index < -0.39 is 0 Å². The van der Waals surface area contributed by atoms with Crippen molar-refractivity contribution in [2.24, 2.45) is 0 Å². The number of halogens is 1. The van der Waals surface area contributed by atoms with Crippen LogP contribution < -0.4 is 5.32 Å². The van der Waals surface area contributed by atoms with E-state index in [4.69, 9.17) is 4.42 Å². The number of fused-ring (bicyclic) bond motifs is 1. The van der Waals surface area contributed by atoms with Crippen LogP contribution in [0.5, 0.6) is 0 Å². The number of hydrogen-bond donors (Lipinski definition) is 1. The van der Waals surface area contributed by atoms with Gasteiger partial charge in [-0.05, 0) is 36.7 Å². The number of hydrogen-bond acceptors (Lipinski definition) is 2. The smallest absolute Gasteiger partial charge is 0.134 e. The van der Waals surface area contributed by atoms with Crippen molar-refractivity contribution in [1.82, 2.24) is 5.32 Å². The summed E-state index contributed by atoms with van der Waals surface area (Å²) in [5.74, 6) is -0.175. The predicted molar refractivity (Wildman–Crippen MR) is 82.9 cm³/mol. The second kappa shape index (κ2) is 5.70. The van der Waals surface area contributed by atoms with E-state index in [2.05, 4.69) is 18.3 Å². The molecule has 0 spiro atoms. The van der Waals surface area contributed by atoms with Crippen molar-refractivity contribution < 1.29 is 8.81 Å². The van der Waals surface area contributed by atoms with Crippen LogP contribution in [-0.4, -0.2) is 6.54 Å². The van der Waals surface area contributed by atoms with E-state index >= 15 is 0 Å². The van der Waals surface area contributed by atoms with Crippen molar-refractivity contribution in [3.8, 4) is 0 Å². The summed E-state index contributed by atoms with van der Waals surface area (Å²) < 4.78 is 19.1. The van der Waals surface area contributed by atoms with Crippen LogP contribution in [0.2, 0.25) is 0 Å². The molecule has 0 saturated heterocycles. The van der Waals surface area contributed by atoms with Crippen molar-refractivity contribution in [3.05, 3.63) is 71.2 Å². The molecule has 0 radical (unpaired) electrons. The molecule has 2 aromatic carbocycles. The predicted octanol–water partition coefficient (Wildman–Crippen LogP) is 4.58. The molecule has 1 heterocycles. The van der Waals surface area contributed by atoms with Gasteiger partial charge in [0.2, 0.25) is 0 Å². The van der Waals surface area contributed by atoms with Crippen LogP contribution in [0.3, 0.4) is 0 Å². The summed E-state index contributed by atoms with van der Waals surface area (Å²) in [4.78, 5) is 0. The average Bonchev–Trinajstić information content (AvgIpc) is 2.92. The van der Waals surface area contributed by atoms with Gasteiger partial charge in [-0.15, -0.1) is 0 Å². The summed E-state index contributed by atoms with van der Waals surface area (Å²) in [5.41, 5.74) is 3.65. The molecule has 0 aliphatic carbocycles. The fraction of sp³-hybridized carbons (Fsp3) is 0.222. The van der Waals surface area contributed by atoms with Gasteiger partial charge in [-0.25, -0.2) is 4.39 Å². The highest BCUT2D eigenvalue weighted by atomic mass is 19.1. The third-order valence-corrected chi connectivity index (χ3v) is 3.75. The number of furan rings is 1. The van der Waals surface area contributed by atoms with Gasteiger partial charge < -0.3 is 9.73 Å². The summed E-state index contributed by atoms with van der Waals surface area (Å²) in [7, 11) is 0. The lowest BCUT2D eigenvalue weighted by atomic mass is 9.96. The van der Waals surface area contributed by atoms with Crippen molar-refractivity contribution in [2.45, 2.75) is 19.9 Å². The molecule has 1 aromatic heterocycles. The lowest BCUT2D eigenvalue weighted by Crippen LogP contribution is -2.21. The molecular weight excluding hydrogens is 265 g/mol. The highest BCUT2D eigenvalue weighted by Crippen LogP contribution is 2.31. The Morgan fingerprint density at radius 1 is 1.19 bits per heavy atom. The Bertz CT molecular complexity index is 763. The number of aryl methyl sites for hydroxylation is 1. The lowest BCUT2D eigenvalue weighted by Gasteiger charge is -2.18. The SMILES string of the molecule is CCNC(c1ccc(F)c(C)c1)c1coc2ccccc12. The molecule has 1 unspecified atom stereocenters. The minimum Gasteiger partial charge on any atom is -0.464 e. The maximum atomic E-state index is 13.5. The molecule has 0 aliphatic rings. The first kappa shape index (κ1) is 13.8. The molecule has 108 valence electrons. The highest BCUT2D eigenvalue weighted by molar-refractivity contribution is 5.81. The second-order valence-electron chi connectivity index (χ2n) is 5.19. The van der Waals surface area contributed by atoms with Crippen molar-refractivity contribution in [2.75, 3.05) is 6.54 Å². The molecular formula is C18H18FNO. The largest absolute Gasteiger partial charge is 0.464 e. The van der Waals surface area contributed by atoms with E-state index in [1.54, 1.807) is 13.2 Å². The highest BCUT2D eigenvalue weighted by Gasteiger charge is 2.18. The minimum atomic E-state index is -0.175. The van der Waals surface area contributed by atoms with Crippen LogP contribution in [0, 0.1) is 12.7 Å². The monoisotopic (exact) mass is 283 g/mol. The van der Waals surface area contributed by atoms with Crippen molar-refractivity contribution in [3.63, 3.8) is 0 Å². The van der Waals surface area contributed by atoms with Gasteiger partial charge in [0.05, 0.1) is 12.3 Å². The van der Waals surface area contributed by atoms with E-state index in [-0.39, 0.29) is 11.9 Å². The van der Waals surface area contributed by atoms with E-state index in [0.717, 1.165) is 28.6 Å². The van der Waals surface area contributed by atoms with Crippen LogP contribution >= 0.6 is 0 Å². The molecule has 0 fully saturated rings. The molecule has 0 amide bonds. The number of benzene rings is 2. The van der Waals surface area contributed by atoms with Crippen LogP contribution in [0.25, 0.3) is 11.0 Å². The minimum absolute atomic E-state index is 0.00190. The molecule has 0 aliphatic heterocycles. The van der Waals surface area contributed by atoms with Crippen molar-refractivity contribution in [1.29, 1.82) is 0 Å². The molecule has 3 rings (SSSR count). The fourth-order valence-electron chi connectivity index (χ4n) is 2.68. The van der Waals surface area contributed by atoms with Crippen LogP contribution in [-0.2, 0) is 0 Å². The van der Waals surface area contributed by atoms with E-state index in [9.17, 15) is 4.39 Å². The molecule has 21 heavy (non-hydrogen) atoms. The first-order valence-electron chi connectivity index (χ1n) is 7.16. The third kappa shape index (κ3) is 2.57. The molecule has 3 aromatic rings. The summed E-state index contributed by atoms with van der Waals surface area (Å²) >= 11 is 0. The van der Waals surface area contributed by atoms with Gasteiger partial charge in [0.15, 0.2) is 0 Å². The maximum Gasteiger partial charge on any atom is 0.134 e. The Labute approximate surface area is 123 Å². The molecule has 1 atom stereocenters. The van der Waals surface area contributed by atoms with Gasteiger partial charge in [-0.3, -0.25) is 0 Å². The van der Waals surface area contributed by atoms with Gasteiger partial charge in [0, 0.05) is 10.9 Å². The molecule has 0 bridgehead atoms. The Hall–Kier alpha value is -2.13. The van der Waals surface area contributed by atoms with Gasteiger partial charge in [0.1, 0.15) is 11.4 Å². The summed E-state index contributed by atoms with van der Waals surface area (Å²) in [6, 6.07) is 13.2. The third-order valence-electron chi connectivity index (χ3n) is 3.75. The first-order valence-corrected chi connectivity index (χ1v) is 7.16. The van der Waals surface area contributed by atoms with E-state index in [0.29, 0.717) is 5.56 Å². The zero-order valence-corrected chi connectivity index (χ0v) is 12.2. The average molecular weight is 283 g/mol. The quantitative estimate of drug-likeness (QED) is 0.758. The van der Waals surface area contributed by atoms with Gasteiger partial charge in [0.25, 0.3) is 0 Å². The summed E-state index contributed by atoms with van der Waals surface area (Å²) in [6.07, 6.45) is 1.79. The summed E-state index contributed by atoms with van der Waals surface area (Å²) in [6.45, 7) is 4.67. The zero-order chi connectivity index (χ0) is 14.8. The second-order valence-corrected chi connectivity index (χ2v) is 5.19.